The Kier molecular flexibility index (Phi) is 13.0. The molecule has 0 aliphatic rings. The normalized spacial score (nSPS) is 10.1. The van der Waals surface area contributed by atoms with Crippen LogP contribution in [0.1, 0.15) is 60.8 Å². The number of unbranched alkanes of at least 4 members (excludes halogenated alkanes) is 2. The van der Waals surface area contributed by atoms with Crippen LogP contribution < -0.4 is 0 Å². The van der Waals surface area contributed by atoms with Crippen LogP contribution in [0.4, 0.5) is 0 Å². The summed E-state index contributed by atoms with van der Waals surface area (Å²) in [5.74, 6) is 0. The maximum atomic E-state index is 8.39. The summed E-state index contributed by atoms with van der Waals surface area (Å²) in [6.07, 6.45) is 2.88. The molecule has 0 aromatic carbocycles. The molecule has 2 heteroatoms. The Morgan fingerprint density at radius 2 is 1.47 bits per heavy atom. The van der Waals surface area contributed by atoms with Crippen LogP contribution in [0.15, 0.2) is 0 Å². The standard InChI is InChI=1S/C11H22N2.C2H6/c1-10(2)13(11(3)4)9-7-5-6-8-12;1-2/h10-11H,5-7,9H2,1-4H3;1-2H3. The quantitative estimate of drug-likeness (QED) is 0.626. The maximum absolute atomic E-state index is 8.39. The van der Waals surface area contributed by atoms with Gasteiger partial charge in [-0.2, -0.15) is 5.26 Å². The van der Waals surface area contributed by atoms with Crippen molar-refractivity contribution >= 4 is 0 Å². The molecular formula is C13H28N2. The van der Waals surface area contributed by atoms with Crippen molar-refractivity contribution in [1.29, 1.82) is 5.26 Å². The lowest BCUT2D eigenvalue weighted by atomic mass is 10.2. The van der Waals surface area contributed by atoms with Gasteiger partial charge < -0.3 is 0 Å². The lowest BCUT2D eigenvalue weighted by Gasteiger charge is -2.30. The molecule has 0 spiro atoms. The molecule has 0 aliphatic heterocycles. The van der Waals surface area contributed by atoms with E-state index in [0.29, 0.717) is 18.5 Å². The smallest absolute Gasteiger partial charge is 0.0621 e. The number of nitrogens with zero attached hydrogens (tertiary/aromatic N) is 2. The van der Waals surface area contributed by atoms with Gasteiger partial charge in [0.1, 0.15) is 0 Å². The Balaban J connectivity index is 0. The topological polar surface area (TPSA) is 27.0 Å². The summed E-state index contributed by atoms with van der Waals surface area (Å²) in [4.78, 5) is 2.47. The van der Waals surface area contributed by atoms with Crippen molar-refractivity contribution in [2.75, 3.05) is 6.54 Å². The molecule has 15 heavy (non-hydrogen) atoms. The fourth-order valence-corrected chi connectivity index (χ4v) is 1.61. The first-order valence-corrected chi connectivity index (χ1v) is 6.22. The lowest BCUT2D eigenvalue weighted by Crippen LogP contribution is -2.37. The van der Waals surface area contributed by atoms with Crippen molar-refractivity contribution in [2.24, 2.45) is 0 Å². The van der Waals surface area contributed by atoms with Gasteiger partial charge >= 0.3 is 0 Å². The first kappa shape index (κ1) is 16.9. The third-order valence-electron chi connectivity index (χ3n) is 2.28. The van der Waals surface area contributed by atoms with Gasteiger partial charge in [0.05, 0.1) is 6.07 Å². The molecule has 0 radical (unpaired) electrons. The van der Waals surface area contributed by atoms with Gasteiger partial charge in [0, 0.05) is 18.5 Å². The van der Waals surface area contributed by atoms with Crippen LogP contribution in [-0.2, 0) is 0 Å². The van der Waals surface area contributed by atoms with E-state index in [1.807, 2.05) is 13.8 Å². The minimum atomic E-state index is 0.613. The third kappa shape index (κ3) is 9.75. The van der Waals surface area contributed by atoms with Crippen molar-refractivity contribution in [3.8, 4) is 6.07 Å². The maximum Gasteiger partial charge on any atom is 0.0621 e. The molecule has 0 unspecified atom stereocenters. The number of nitriles is 1. The second-order valence-electron chi connectivity index (χ2n) is 4.04. The fraction of sp³-hybridized carbons (Fsp3) is 0.923. The molecule has 0 aromatic heterocycles. The zero-order valence-electron chi connectivity index (χ0n) is 11.4. The summed E-state index contributed by atoms with van der Waals surface area (Å²) in [6, 6.07) is 3.41. The zero-order chi connectivity index (χ0) is 12.3. The van der Waals surface area contributed by atoms with Crippen molar-refractivity contribution in [1.82, 2.24) is 4.90 Å². The molecule has 0 amide bonds. The van der Waals surface area contributed by atoms with E-state index < -0.39 is 0 Å². The number of hydrogen-bond donors (Lipinski definition) is 0. The largest absolute Gasteiger partial charge is 0.299 e. The average molecular weight is 212 g/mol. The fourth-order valence-electron chi connectivity index (χ4n) is 1.61. The van der Waals surface area contributed by atoms with Gasteiger partial charge in [-0.3, -0.25) is 4.90 Å². The lowest BCUT2D eigenvalue weighted by molar-refractivity contribution is 0.172. The highest BCUT2D eigenvalue weighted by Crippen LogP contribution is 2.07. The minimum absolute atomic E-state index is 0.613. The average Bonchev–Trinajstić information content (AvgIpc) is 2.19. The Labute approximate surface area is 96.3 Å². The Hall–Kier alpha value is -0.550. The molecule has 0 fully saturated rings. The van der Waals surface area contributed by atoms with Crippen molar-refractivity contribution in [3.05, 3.63) is 0 Å². The van der Waals surface area contributed by atoms with E-state index >= 15 is 0 Å². The van der Waals surface area contributed by atoms with E-state index in [-0.39, 0.29) is 0 Å². The first-order chi connectivity index (χ1) is 7.09. The molecule has 0 atom stereocenters. The van der Waals surface area contributed by atoms with Crippen molar-refractivity contribution in [3.63, 3.8) is 0 Å². The number of rotatable bonds is 6. The first-order valence-electron chi connectivity index (χ1n) is 6.22. The predicted molar refractivity (Wildman–Crippen MR) is 67.8 cm³/mol. The molecule has 0 bridgehead atoms. The van der Waals surface area contributed by atoms with E-state index in [1.54, 1.807) is 0 Å². The van der Waals surface area contributed by atoms with Gasteiger partial charge in [-0.05, 0) is 47.1 Å². The van der Waals surface area contributed by atoms with Crippen LogP contribution >= 0.6 is 0 Å². The second kappa shape index (κ2) is 11.5. The zero-order valence-corrected chi connectivity index (χ0v) is 11.4. The van der Waals surface area contributed by atoms with E-state index in [9.17, 15) is 0 Å². The van der Waals surface area contributed by atoms with Crippen molar-refractivity contribution in [2.45, 2.75) is 72.9 Å². The Morgan fingerprint density at radius 3 is 1.80 bits per heavy atom. The van der Waals surface area contributed by atoms with Crippen LogP contribution in [0.25, 0.3) is 0 Å². The minimum Gasteiger partial charge on any atom is -0.299 e. The van der Waals surface area contributed by atoms with Crippen LogP contribution in [0, 0.1) is 11.3 Å². The molecule has 0 rings (SSSR count). The summed E-state index contributed by atoms with van der Waals surface area (Å²) < 4.78 is 0. The van der Waals surface area contributed by atoms with Crippen LogP contribution in [-0.4, -0.2) is 23.5 Å². The molecule has 2 nitrogen and oxygen atoms in total. The summed E-state index contributed by atoms with van der Waals surface area (Å²) in [5, 5.41) is 8.39. The van der Waals surface area contributed by atoms with Gasteiger partial charge in [-0.15, -0.1) is 0 Å². The SMILES string of the molecule is CC.CC(C)N(CCCCC#N)C(C)C. The van der Waals surface area contributed by atoms with Gasteiger partial charge in [0.25, 0.3) is 0 Å². The van der Waals surface area contributed by atoms with Gasteiger partial charge in [0.2, 0.25) is 0 Å². The molecule has 0 aromatic rings. The molecule has 0 saturated heterocycles. The highest BCUT2D eigenvalue weighted by Gasteiger charge is 2.11. The van der Waals surface area contributed by atoms with E-state index in [4.69, 9.17) is 5.26 Å². The molecular weight excluding hydrogens is 184 g/mol. The summed E-state index contributed by atoms with van der Waals surface area (Å²) in [7, 11) is 0. The summed E-state index contributed by atoms with van der Waals surface area (Å²) >= 11 is 0. The Morgan fingerprint density at radius 1 is 1.00 bits per heavy atom. The summed E-state index contributed by atoms with van der Waals surface area (Å²) in [5.41, 5.74) is 0. The highest BCUT2D eigenvalue weighted by molar-refractivity contribution is 4.71. The van der Waals surface area contributed by atoms with Gasteiger partial charge in [0.15, 0.2) is 0 Å². The molecule has 0 N–H and O–H groups in total. The van der Waals surface area contributed by atoms with Gasteiger partial charge in [-0.1, -0.05) is 13.8 Å². The van der Waals surface area contributed by atoms with E-state index in [0.717, 1.165) is 19.4 Å². The Bertz CT molecular complexity index is 148. The second-order valence-corrected chi connectivity index (χ2v) is 4.04. The van der Waals surface area contributed by atoms with Crippen molar-refractivity contribution < 1.29 is 0 Å². The van der Waals surface area contributed by atoms with Crippen LogP contribution in [0.3, 0.4) is 0 Å². The van der Waals surface area contributed by atoms with Gasteiger partial charge in [-0.25, -0.2) is 0 Å². The molecule has 0 saturated carbocycles. The predicted octanol–water partition coefficient (Wildman–Crippen LogP) is 3.83. The summed E-state index contributed by atoms with van der Waals surface area (Å²) in [6.45, 7) is 14.0. The number of hydrogen-bond acceptors (Lipinski definition) is 2. The van der Waals surface area contributed by atoms with Crippen LogP contribution in [0.2, 0.25) is 0 Å². The van der Waals surface area contributed by atoms with E-state index in [2.05, 4.69) is 38.7 Å². The molecule has 0 heterocycles. The molecule has 0 aliphatic carbocycles. The highest BCUT2D eigenvalue weighted by atomic mass is 15.2. The molecule has 90 valence electrons. The van der Waals surface area contributed by atoms with Crippen LogP contribution in [0.5, 0.6) is 0 Å². The van der Waals surface area contributed by atoms with E-state index in [1.165, 1.54) is 0 Å². The monoisotopic (exact) mass is 212 g/mol. The third-order valence-corrected chi connectivity index (χ3v) is 2.28.